The Labute approximate surface area is 174 Å². The lowest BCUT2D eigenvalue weighted by Gasteiger charge is -2.43. The van der Waals surface area contributed by atoms with E-state index < -0.39 is 0 Å². The predicted octanol–water partition coefficient (Wildman–Crippen LogP) is 5.03. The van der Waals surface area contributed by atoms with Gasteiger partial charge in [-0.15, -0.1) is 11.6 Å². The number of alkyl halides is 1. The minimum atomic E-state index is -0.226. The van der Waals surface area contributed by atoms with Gasteiger partial charge in [-0.2, -0.15) is 0 Å². The molecule has 0 aliphatic carbocycles. The van der Waals surface area contributed by atoms with Crippen LogP contribution in [0.4, 0.5) is 11.4 Å². The third-order valence-corrected chi connectivity index (χ3v) is 5.47. The number of fused-ring (bicyclic) bond motifs is 1. The number of hydrogen-bond donors (Lipinski definition) is 0. The van der Waals surface area contributed by atoms with Crippen LogP contribution in [0.15, 0.2) is 77.4 Å². The number of benzene rings is 2. The molecule has 3 aromatic rings. The zero-order valence-corrected chi connectivity index (χ0v) is 16.8. The van der Waals surface area contributed by atoms with Crippen molar-refractivity contribution in [1.29, 1.82) is 0 Å². The van der Waals surface area contributed by atoms with Gasteiger partial charge in [-0.3, -0.25) is 9.59 Å². The maximum Gasteiger partial charge on any atom is 0.294 e. The van der Waals surface area contributed by atoms with Crippen molar-refractivity contribution in [3.05, 3.63) is 84.3 Å². The molecule has 2 amide bonds. The molecule has 0 saturated carbocycles. The maximum absolute atomic E-state index is 13.1. The van der Waals surface area contributed by atoms with Gasteiger partial charge in [0.05, 0.1) is 12.3 Å². The number of furan rings is 1. The van der Waals surface area contributed by atoms with E-state index in [4.69, 9.17) is 16.0 Å². The van der Waals surface area contributed by atoms with Crippen molar-refractivity contribution in [3.63, 3.8) is 0 Å². The first-order chi connectivity index (χ1) is 14.1. The predicted molar refractivity (Wildman–Crippen MR) is 113 cm³/mol. The summed E-state index contributed by atoms with van der Waals surface area (Å²) in [7, 11) is 0. The van der Waals surface area contributed by atoms with Gasteiger partial charge in [0, 0.05) is 17.4 Å². The molecule has 5 nitrogen and oxygen atoms in total. The molecule has 0 saturated heterocycles. The Morgan fingerprint density at radius 1 is 1.07 bits per heavy atom. The molecular weight excluding hydrogens is 388 g/mol. The van der Waals surface area contributed by atoms with Crippen molar-refractivity contribution in [1.82, 2.24) is 0 Å². The number of halogens is 1. The lowest BCUT2D eigenvalue weighted by molar-refractivity contribution is -0.116. The van der Waals surface area contributed by atoms with E-state index in [0.717, 1.165) is 16.9 Å². The van der Waals surface area contributed by atoms with Gasteiger partial charge >= 0.3 is 0 Å². The highest BCUT2D eigenvalue weighted by Crippen LogP contribution is 2.42. The first-order valence-corrected chi connectivity index (χ1v) is 10.0. The van der Waals surface area contributed by atoms with Crippen molar-refractivity contribution in [3.8, 4) is 0 Å². The molecule has 1 aliphatic heterocycles. The fourth-order valence-electron chi connectivity index (χ4n) is 4.01. The molecule has 6 heteroatoms. The number of amides is 2. The van der Waals surface area contributed by atoms with E-state index in [1.807, 2.05) is 61.5 Å². The summed E-state index contributed by atoms with van der Waals surface area (Å²) in [5, 5.41) is 0. The molecule has 0 N–H and O–H groups in total. The average molecular weight is 409 g/mol. The normalized spacial score (nSPS) is 18.2. The summed E-state index contributed by atoms with van der Waals surface area (Å²) in [6, 6.07) is 20.2. The molecule has 29 heavy (non-hydrogen) atoms. The van der Waals surface area contributed by atoms with E-state index in [1.165, 1.54) is 6.26 Å². The lowest BCUT2D eigenvalue weighted by Crippen LogP contribution is -2.48. The van der Waals surface area contributed by atoms with Crippen molar-refractivity contribution in [2.45, 2.75) is 25.4 Å². The Bertz CT molecular complexity index is 1000. The zero-order chi connectivity index (χ0) is 20.4. The standard InChI is InChI=1S/C23H21ClN2O3/c1-16-14-20(26(22(27)15-24)17-8-3-2-4-9-17)18-10-5-6-11-19(18)25(16)23(28)21-12-7-13-29-21/h2-13,16,20H,14-15H2,1H3/t16-,20+/m0/s1. The summed E-state index contributed by atoms with van der Waals surface area (Å²) in [6.07, 6.45) is 2.08. The summed E-state index contributed by atoms with van der Waals surface area (Å²) in [4.78, 5) is 29.4. The van der Waals surface area contributed by atoms with Crippen LogP contribution in [0, 0.1) is 0 Å². The third-order valence-electron chi connectivity index (χ3n) is 5.24. The number of carbonyl (C=O) groups is 2. The lowest BCUT2D eigenvalue weighted by atomic mass is 9.89. The van der Waals surface area contributed by atoms with Crippen LogP contribution in [0.1, 0.15) is 35.5 Å². The van der Waals surface area contributed by atoms with Gasteiger partial charge in [-0.05, 0) is 49.2 Å². The molecule has 0 fully saturated rings. The minimum Gasteiger partial charge on any atom is -0.459 e. The van der Waals surface area contributed by atoms with Gasteiger partial charge in [-0.1, -0.05) is 36.4 Å². The maximum atomic E-state index is 13.1. The van der Waals surface area contributed by atoms with Crippen LogP contribution in [0.25, 0.3) is 0 Å². The highest BCUT2D eigenvalue weighted by Gasteiger charge is 2.39. The van der Waals surface area contributed by atoms with Gasteiger partial charge in [0.2, 0.25) is 5.91 Å². The molecule has 0 bridgehead atoms. The summed E-state index contributed by atoms with van der Waals surface area (Å²) >= 11 is 5.96. The Kier molecular flexibility index (Phi) is 5.41. The number of hydrogen-bond acceptors (Lipinski definition) is 3. The molecule has 0 unspecified atom stereocenters. The van der Waals surface area contributed by atoms with Crippen molar-refractivity contribution in [2.24, 2.45) is 0 Å². The summed E-state index contributed by atoms with van der Waals surface area (Å²) < 4.78 is 5.34. The second-order valence-corrected chi connectivity index (χ2v) is 7.31. The summed E-state index contributed by atoms with van der Waals surface area (Å²) in [6.45, 7) is 1.98. The topological polar surface area (TPSA) is 53.8 Å². The van der Waals surface area contributed by atoms with Crippen molar-refractivity contribution in [2.75, 3.05) is 15.7 Å². The van der Waals surface area contributed by atoms with Gasteiger partial charge in [0.1, 0.15) is 5.88 Å². The van der Waals surface area contributed by atoms with Crippen LogP contribution in [0.2, 0.25) is 0 Å². The number of nitrogens with zero attached hydrogens (tertiary/aromatic N) is 2. The smallest absolute Gasteiger partial charge is 0.294 e. The van der Waals surface area contributed by atoms with Gasteiger partial charge in [0.25, 0.3) is 5.91 Å². The van der Waals surface area contributed by atoms with E-state index in [2.05, 4.69) is 0 Å². The SMILES string of the molecule is C[C@H]1C[C@@H](N(C(=O)CCl)c2ccccc2)c2ccccc2N1C(=O)c1ccco1. The Hall–Kier alpha value is -3.05. The first kappa shape index (κ1) is 19.3. The molecule has 0 radical (unpaired) electrons. The number of rotatable bonds is 4. The van der Waals surface area contributed by atoms with E-state index in [1.54, 1.807) is 21.9 Å². The van der Waals surface area contributed by atoms with Crippen molar-refractivity contribution >= 4 is 34.8 Å². The largest absolute Gasteiger partial charge is 0.459 e. The molecule has 2 heterocycles. The number of para-hydroxylation sites is 2. The molecular formula is C23H21ClN2O3. The summed E-state index contributed by atoms with van der Waals surface area (Å²) in [5.74, 6) is -0.183. The molecule has 2 atom stereocenters. The second kappa shape index (κ2) is 8.13. The fourth-order valence-corrected chi connectivity index (χ4v) is 4.13. The van der Waals surface area contributed by atoms with Gasteiger partial charge < -0.3 is 14.2 Å². The molecule has 4 rings (SSSR count). The van der Waals surface area contributed by atoms with E-state index in [0.29, 0.717) is 12.2 Å². The monoisotopic (exact) mass is 408 g/mol. The van der Waals surface area contributed by atoms with Crippen molar-refractivity contribution < 1.29 is 14.0 Å². The van der Waals surface area contributed by atoms with E-state index in [9.17, 15) is 9.59 Å². The Morgan fingerprint density at radius 3 is 2.48 bits per heavy atom. The Morgan fingerprint density at radius 2 is 1.79 bits per heavy atom. The molecule has 0 spiro atoms. The van der Waals surface area contributed by atoms with Crippen LogP contribution >= 0.6 is 11.6 Å². The average Bonchev–Trinajstić information content (AvgIpc) is 3.29. The van der Waals surface area contributed by atoms with Crippen LogP contribution < -0.4 is 9.80 Å². The first-order valence-electron chi connectivity index (χ1n) is 9.51. The number of anilines is 2. The van der Waals surface area contributed by atoms with Crippen LogP contribution in [0.3, 0.4) is 0 Å². The minimum absolute atomic E-state index is 0.114. The van der Waals surface area contributed by atoms with Crippen LogP contribution in [-0.2, 0) is 4.79 Å². The fraction of sp³-hybridized carbons (Fsp3) is 0.217. The highest BCUT2D eigenvalue weighted by atomic mass is 35.5. The molecule has 1 aliphatic rings. The molecule has 1 aromatic heterocycles. The molecule has 148 valence electrons. The quantitative estimate of drug-likeness (QED) is 0.569. The van der Waals surface area contributed by atoms with E-state index in [-0.39, 0.29) is 29.8 Å². The highest BCUT2D eigenvalue weighted by molar-refractivity contribution is 6.29. The van der Waals surface area contributed by atoms with E-state index >= 15 is 0 Å². The third kappa shape index (κ3) is 3.54. The summed E-state index contributed by atoms with van der Waals surface area (Å²) in [5.41, 5.74) is 2.48. The van der Waals surface area contributed by atoms with Gasteiger partial charge in [-0.25, -0.2) is 0 Å². The van der Waals surface area contributed by atoms with Crippen LogP contribution in [0.5, 0.6) is 0 Å². The zero-order valence-electron chi connectivity index (χ0n) is 16.0. The molecule has 2 aromatic carbocycles. The number of carbonyl (C=O) groups excluding carboxylic acids is 2. The van der Waals surface area contributed by atoms with Gasteiger partial charge in [0.15, 0.2) is 5.76 Å². The Balaban J connectivity index is 1.80. The second-order valence-electron chi connectivity index (χ2n) is 7.04. The van der Waals surface area contributed by atoms with Crippen LogP contribution in [-0.4, -0.2) is 23.7 Å².